The molecule has 1 unspecified atom stereocenters. The third-order valence-electron chi connectivity index (χ3n) is 3.82. The van der Waals surface area contributed by atoms with E-state index in [1.54, 1.807) is 7.11 Å². The normalized spacial score (nSPS) is 12.2. The van der Waals surface area contributed by atoms with E-state index in [-0.39, 0.29) is 6.04 Å². The summed E-state index contributed by atoms with van der Waals surface area (Å²) in [6, 6.07) is 10.5. The Morgan fingerprint density at radius 2 is 1.86 bits per heavy atom. The van der Waals surface area contributed by atoms with Gasteiger partial charge in [-0.15, -0.1) is 0 Å². The molecule has 0 saturated heterocycles. The first-order valence-corrected chi connectivity index (χ1v) is 7.14. The van der Waals surface area contributed by atoms with Crippen molar-refractivity contribution in [2.75, 3.05) is 7.11 Å². The lowest BCUT2D eigenvalue weighted by molar-refractivity contribution is 0.397. The van der Waals surface area contributed by atoms with E-state index in [9.17, 15) is 0 Å². The molecule has 112 valence electrons. The summed E-state index contributed by atoms with van der Waals surface area (Å²) in [5, 5.41) is 0. The number of aromatic nitrogens is 1. The fourth-order valence-electron chi connectivity index (χ4n) is 2.54. The molecule has 0 bridgehead atoms. The van der Waals surface area contributed by atoms with E-state index in [0.717, 1.165) is 18.4 Å². The fourth-order valence-corrected chi connectivity index (χ4v) is 2.54. The molecule has 1 atom stereocenters. The number of hydrogen-bond acceptors (Lipinski definition) is 4. The molecule has 21 heavy (non-hydrogen) atoms. The molecule has 0 fully saturated rings. The molecule has 2 rings (SSSR count). The number of nitrogens with one attached hydrogen (secondary N) is 1. The highest BCUT2D eigenvalue weighted by Gasteiger charge is 2.12. The van der Waals surface area contributed by atoms with Gasteiger partial charge in [-0.1, -0.05) is 24.3 Å². The number of ether oxygens (including phenoxy) is 1. The van der Waals surface area contributed by atoms with Crippen LogP contribution in [0.2, 0.25) is 0 Å². The lowest BCUT2D eigenvalue weighted by atomic mass is 9.94. The van der Waals surface area contributed by atoms with Crippen LogP contribution in [0, 0.1) is 13.8 Å². The van der Waals surface area contributed by atoms with Crippen LogP contribution in [0.15, 0.2) is 36.5 Å². The van der Waals surface area contributed by atoms with Crippen molar-refractivity contribution in [2.24, 2.45) is 5.84 Å². The van der Waals surface area contributed by atoms with Crippen LogP contribution in [0.3, 0.4) is 0 Å². The average Bonchev–Trinajstić information content (AvgIpc) is 2.50. The Bertz CT molecular complexity index is 561. The predicted molar refractivity (Wildman–Crippen MR) is 85.2 cm³/mol. The number of hydrazine groups is 1. The van der Waals surface area contributed by atoms with Crippen molar-refractivity contribution in [3.63, 3.8) is 0 Å². The van der Waals surface area contributed by atoms with Gasteiger partial charge in [0.15, 0.2) is 0 Å². The average molecular weight is 285 g/mol. The number of aryl methyl sites for hydroxylation is 2. The minimum Gasteiger partial charge on any atom is -0.481 e. The van der Waals surface area contributed by atoms with Gasteiger partial charge in [-0.3, -0.25) is 11.3 Å². The first-order valence-electron chi connectivity index (χ1n) is 7.14. The van der Waals surface area contributed by atoms with E-state index in [0.29, 0.717) is 5.88 Å². The van der Waals surface area contributed by atoms with Crippen molar-refractivity contribution in [2.45, 2.75) is 32.7 Å². The van der Waals surface area contributed by atoms with Crippen LogP contribution in [-0.4, -0.2) is 18.1 Å². The van der Waals surface area contributed by atoms with Gasteiger partial charge in [-0.2, -0.15) is 0 Å². The molecule has 2 aromatic rings. The summed E-state index contributed by atoms with van der Waals surface area (Å²) < 4.78 is 5.08. The molecule has 1 aromatic carbocycles. The lowest BCUT2D eigenvalue weighted by Gasteiger charge is -2.19. The molecule has 0 saturated carbocycles. The zero-order chi connectivity index (χ0) is 15.2. The van der Waals surface area contributed by atoms with Crippen molar-refractivity contribution in [1.29, 1.82) is 0 Å². The molecule has 4 nitrogen and oxygen atoms in total. The SMILES string of the molecule is COc1ccc(CC(Cc2c(C)cccc2C)NN)cn1. The number of methoxy groups -OCH3 is 1. The Morgan fingerprint density at radius 1 is 1.14 bits per heavy atom. The second-order valence-corrected chi connectivity index (χ2v) is 5.35. The quantitative estimate of drug-likeness (QED) is 0.631. The Hall–Kier alpha value is -1.91. The van der Waals surface area contributed by atoms with Crippen LogP contribution in [0.25, 0.3) is 0 Å². The molecule has 0 aliphatic carbocycles. The Labute approximate surface area is 126 Å². The van der Waals surface area contributed by atoms with Gasteiger partial charge in [0.05, 0.1) is 7.11 Å². The number of pyridine rings is 1. The smallest absolute Gasteiger partial charge is 0.212 e. The van der Waals surface area contributed by atoms with E-state index < -0.39 is 0 Å². The first-order chi connectivity index (χ1) is 10.1. The van der Waals surface area contributed by atoms with Gasteiger partial charge in [-0.25, -0.2) is 4.98 Å². The molecule has 4 heteroatoms. The maximum atomic E-state index is 5.73. The summed E-state index contributed by atoms with van der Waals surface area (Å²) in [4.78, 5) is 4.24. The summed E-state index contributed by atoms with van der Waals surface area (Å²) >= 11 is 0. The summed E-state index contributed by atoms with van der Waals surface area (Å²) in [6.45, 7) is 4.29. The van der Waals surface area contributed by atoms with Crippen LogP contribution in [-0.2, 0) is 12.8 Å². The maximum Gasteiger partial charge on any atom is 0.212 e. The Balaban J connectivity index is 2.09. The highest BCUT2D eigenvalue weighted by Crippen LogP contribution is 2.17. The standard InChI is InChI=1S/C17H23N3O/c1-12-5-4-6-13(2)16(12)10-15(20-18)9-14-7-8-17(21-3)19-11-14/h4-8,11,15,20H,9-10,18H2,1-3H3. The van der Waals surface area contributed by atoms with Gasteiger partial charge in [-0.05, 0) is 48.9 Å². The van der Waals surface area contributed by atoms with E-state index in [1.165, 1.54) is 16.7 Å². The van der Waals surface area contributed by atoms with Gasteiger partial charge in [0.2, 0.25) is 5.88 Å². The van der Waals surface area contributed by atoms with Crippen molar-refractivity contribution >= 4 is 0 Å². The third-order valence-corrected chi connectivity index (χ3v) is 3.82. The highest BCUT2D eigenvalue weighted by molar-refractivity contribution is 5.34. The van der Waals surface area contributed by atoms with Crippen LogP contribution < -0.4 is 16.0 Å². The minimum absolute atomic E-state index is 0.181. The third kappa shape index (κ3) is 4.03. The molecule has 0 radical (unpaired) electrons. The molecule has 0 spiro atoms. The van der Waals surface area contributed by atoms with Crippen molar-refractivity contribution in [1.82, 2.24) is 10.4 Å². The summed E-state index contributed by atoms with van der Waals surface area (Å²) in [7, 11) is 1.62. The summed E-state index contributed by atoms with van der Waals surface area (Å²) in [6.07, 6.45) is 3.58. The van der Waals surface area contributed by atoms with Crippen LogP contribution in [0.1, 0.15) is 22.3 Å². The number of nitrogens with zero attached hydrogens (tertiary/aromatic N) is 1. The van der Waals surface area contributed by atoms with Crippen LogP contribution in [0.5, 0.6) is 5.88 Å². The number of hydrogen-bond donors (Lipinski definition) is 2. The maximum absolute atomic E-state index is 5.73. The van der Waals surface area contributed by atoms with Crippen molar-refractivity contribution in [3.8, 4) is 5.88 Å². The van der Waals surface area contributed by atoms with Crippen molar-refractivity contribution in [3.05, 3.63) is 58.8 Å². The molecule has 3 N–H and O–H groups in total. The van der Waals surface area contributed by atoms with Crippen molar-refractivity contribution < 1.29 is 4.74 Å². The molecule has 0 aliphatic rings. The van der Waals surface area contributed by atoms with E-state index in [2.05, 4.69) is 42.5 Å². The zero-order valence-electron chi connectivity index (χ0n) is 12.9. The minimum atomic E-state index is 0.181. The number of nitrogens with two attached hydrogens (primary N) is 1. The van der Waals surface area contributed by atoms with E-state index in [1.807, 2.05) is 18.3 Å². The monoisotopic (exact) mass is 285 g/mol. The second kappa shape index (κ2) is 7.20. The van der Waals surface area contributed by atoms with Gasteiger partial charge in [0, 0.05) is 18.3 Å². The largest absolute Gasteiger partial charge is 0.481 e. The molecular weight excluding hydrogens is 262 g/mol. The number of rotatable bonds is 6. The topological polar surface area (TPSA) is 60.2 Å². The first kappa shape index (κ1) is 15.5. The van der Waals surface area contributed by atoms with Gasteiger partial charge in [0.25, 0.3) is 0 Å². The van der Waals surface area contributed by atoms with Crippen LogP contribution >= 0.6 is 0 Å². The molecule has 0 aliphatic heterocycles. The second-order valence-electron chi connectivity index (χ2n) is 5.35. The summed E-state index contributed by atoms with van der Waals surface area (Å²) in [5.74, 6) is 6.36. The van der Waals surface area contributed by atoms with Gasteiger partial charge >= 0.3 is 0 Å². The Kier molecular flexibility index (Phi) is 5.31. The lowest BCUT2D eigenvalue weighted by Crippen LogP contribution is -2.38. The fraction of sp³-hybridized carbons (Fsp3) is 0.353. The van der Waals surface area contributed by atoms with E-state index in [4.69, 9.17) is 10.6 Å². The molecule has 0 amide bonds. The zero-order valence-corrected chi connectivity index (χ0v) is 12.9. The van der Waals surface area contributed by atoms with Crippen LogP contribution in [0.4, 0.5) is 0 Å². The summed E-state index contributed by atoms with van der Waals surface area (Å²) in [5.41, 5.74) is 8.05. The highest BCUT2D eigenvalue weighted by atomic mass is 16.5. The molecule has 1 heterocycles. The molecule has 1 aromatic heterocycles. The number of benzene rings is 1. The van der Waals surface area contributed by atoms with Gasteiger partial charge < -0.3 is 4.74 Å². The predicted octanol–water partition coefficient (Wildman–Crippen LogP) is 2.32. The van der Waals surface area contributed by atoms with E-state index >= 15 is 0 Å². The molecular formula is C17H23N3O. The Morgan fingerprint density at radius 3 is 2.38 bits per heavy atom. The van der Waals surface area contributed by atoms with Gasteiger partial charge in [0.1, 0.15) is 0 Å².